The van der Waals surface area contributed by atoms with Crippen LogP contribution >= 0.6 is 0 Å². The van der Waals surface area contributed by atoms with E-state index in [4.69, 9.17) is 4.52 Å². The Morgan fingerprint density at radius 3 is 2.68 bits per heavy atom. The summed E-state index contributed by atoms with van der Waals surface area (Å²) in [5.41, 5.74) is 2.33. The van der Waals surface area contributed by atoms with Gasteiger partial charge in [0.1, 0.15) is 0 Å². The third kappa shape index (κ3) is 3.19. The Labute approximate surface area is 143 Å². The largest absolute Gasteiger partial charge is 0.395 e. The number of hydrogen-bond acceptors (Lipinski definition) is 4. The van der Waals surface area contributed by atoms with Crippen molar-refractivity contribution in [3.63, 3.8) is 0 Å². The molecule has 0 fully saturated rings. The highest BCUT2D eigenvalue weighted by Gasteiger charge is 2.49. The first-order valence-electron chi connectivity index (χ1n) is 8.54. The second-order valence-corrected chi connectivity index (χ2v) is 6.74. The Morgan fingerprint density at radius 1 is 1.16 bits per heavy atom. The Kier molecular flexibility index (Phi) is 4.09. The molecule has 25 heavy (non-hydrogen) atoms. The van der Waals surface area contributed by atoms with Crippen LogP contribution in [0.4, 0.5) is 13.2 Å². The Hall–Kier alpha value is -2.18. The van der Waals surface area contributed by atoms with Gasteiger partial charge in [0.25, 0.3) is 0 Å². The first-order valence-corrected chi connectivity index (χ1v) is 8.54. The van der Waals surface area contributed by atoms with Gasteiger partial charge in [-0.25, -0.2) is 0 Å². The molecule has 0 aliphatic heterocycles. The van der Waals surface area contributed by atoms with Gasteiger partial charge >= 0.3 is 6.18 Å². The highest BCUT2D eigenvalue weighted by atomic mass is 19.4. The number of allylic oxidation sites excluding steroid dienone is 2. The molecule has 2 aliphatic carbocycles. The van der Waals surface area contributed by atoms with Gasteiger partial charge in [0.05, 0.1) is 5.92 Å². The van der Waals surface area contributed by atoms with Crippen LogP contribution in [0.1, 0.15) is 38.0 Å². The van der Waals surface area contributed by atoms with E-state index in [2.05, 4.69) is 15.1 Å². The van der Waals surface area contributed by atoms with Crippen molar-refractivity contribution in [2.24, 2.45) is 11.8 Å². The number of aromatic nitrogens is 3. The van der Waals surface area contributed by atoms with Gasteiger partial charge in [0, 0.05) is 24.4 Å². The second kappa shape index (κ2) is 6.28. The van der Waals surface area contributed by atoms with Crippen LogP contribution in [-0.4, -0.2) is 21.3 Å². The predicted molar refractivity (Wildman–Crippen MR) is 84.4 cm³/mol. The fraction of sp³-hybridized carbons (Fsp3) is 0.500. The van der Waals surface area contributed by atoms with Gasteiger partial charge in [0.15, 0.2) is 0 Å². The average molecular weight is 349 g/mol. The lowest BCUT2D eigenvalue weighted by molar-refractivity contribution is -0.165. The smallest absolute Gasteiger partial charge is 0.339 e. The van der Waals surface area contributed by atoms with Crippen LogP contribution < -0.4 is 0 Å². The van der Waals surface area contributed by atoms with Crippen LogP contribution in [0.15, 0.2) is 40.2 Å². The quantitative estimate of drug-likeness (QED) is 0.751. The minimum Gasteiger partial charge on any atom is -0.339 e. The van der Waals surface area contributed by atoms with Crippen LogP contribution in [0.25, 0.3) is 11.4 Å². The van der Waals surface area contributed by atoms with E-state index < -0.39 is 12.1 Å². The molecule has 0 N–H and O–H groups in total. The summed E-state index contributed by atoms with van der Waals surface area (Å²) in [6.07, 6.45) is 2.74. The summed E-state index contributed by atoms with van der Waals surface area (Å²) in [6.45, 7) is 0. The first kappa shape index (κ1) is 16.3. The van der Waals surface area contributed by atoms with Gasteiger partial charge in [-0.3, -0.25) is 4.98 Å². The number of halogens is 3. The molecule has 4 rings (SSSR count). The minimum atomic E-state index is -4.16. The molecule has 2 aliphatic rings. The Bertz CT molecular complexity index is 782. The molecule has 2 aromatic heterocycles. The lowest BCUT2D eigenvalue weighted by atomic mass is 9.87. The summed E-state index contributed by atoms with van der Waals surface area (Å²) >= 11 is 0. The van der Waals surface area contributed by atoms with Crippen molar-refractivity contribution in [1.29, 1.82) is 0 Å². The molecule has 0 saturated carbocycles. The first-order chi connectivity index (χ1) is 12.0. The predicted octanol–water partition coefficient (Wildman–Crippen LogP) is 4.74. The maximum atomic E-state index is 13.4. The fourth-order valence-corrected chi connectivity index (χ4v) is 4.08. The third-order valence-corrected chi connectivity index (χ3v) is 5.19. The van der Waals surface area contributed by atoms with E-state index in [1.807, 2.05) is 6.07 Å². The van der Waals surface area contributed by atoms with Crippen molar-refractivity contribution >= 4 is 0 Å². The molecule has 2 atom stereocenters. The number of rotatable bonds is 3. The van der Waals surface area contributed by atoms with Crippen LogP contribution in [0.2, 0.25) is 0 Å². The summed E-state index contributed by atoms with van der Waals surface area (Å²) < 4.78 is 45.4. The molecule has 0 spiro atoms. The molecule has 7 heteroatoms. The van der Waals surface area contributed by atoms with Crippen molar-refractivity contribution in [3.05, 3.63) is 41.6 Å². The molecule has 2 unspecified atom stereocenters. The van der Waals surface area contributed by atoms with Crippen LogP contribution in [0, 0.1) is 11.8 Å². The highest BCUT2D eigenvalue weighted by Crippen LogP contribution is 2.51. The van der Waals surface area contributed by atoms with E-state index >= 15 is 0 Å². The third-order valence-electron chi connectivity index (χ3n) is 5.19. The zero-order valence-corrected chi connectivity index (χ0v) is 13.6. The van der Waals surface area contributed by atoms with E-state index in [-0.39, 0.29) is 12.3 Å². The number of nitrogens with zero attached hydrogens (tertiary/aromatic N) is 3. The molecule has 2 heterocycles. The van der Waals surface area contributed by atoms with E-state index in [0.29, 0.717) is 30.1 Å². The standard InChI is InChI=1S/C18H18F3N3O/c19-18(20,21)15-8-12(13-5-1-2-6-14(13)15)9-16-23-17(24-25-16)11-4-3-7-22-10-11/h3-4,7,10,12,15H,1-2,5-6,8-9H2. The molecule has 132 valence electrons. The van der Waals surface area contributed by atoms with Crippen molar-refractivity contribution < 1.29 is 17.7 Å². The van der Waals surface area contributed by atoms with Gasteiger partial charge < -0.3 is 4.52 Å². The summed E-state index contributed by atoms with van der Waals surface area (Å²) in [6, 6.07) is 3.59. The SMILES string of the molecule is FC(F)(F)C1CC(Cc2nc(-c3cccnc3)no2)C2=C1CCCC2. The van der Waals surface area contributed by atoms with Crippen molar-refractivity contribution in [2.75, 3.05) is 0 Å². The van der Waals surface area contributed by atoms with Crippen molar-refractivity contribution in [3.8, 4) is 11.4 Å². The maximum absolute atomic E-state index is 13.4. The van der Waals surface area contributed by atoms with Gasteiger partial charge in [0.2, 0.25) is 11.7 Å². The summed E-state index contributed by atoms with van der Waals surface area (Å²) in [4.78, 5) is 8.36. The fourth-order valence-electron chi connectivity index (χ4n) is 4.08. The Balaban J connectivity index is 1.55. The topological polar surface area (TPSA) is 51.8 Å². The average Bonchev–Trinajstić information content (AvgIpc) is 3.21. The van der Waals surface area contributed by atoms with E-state index in [1.165, 1.54) is 0 Å². The number of alkyl halides is 3. The summed E-state index contributed by atoms with van der Waals surface area (Å²) in [5.74, 6) is -0.631. The van der Waals surface area contributed by atoms with Crippen LogP contribution in [-0.2, 0) is 6.42 Å². The lowest BCUT2D eigenvalue weighted by Gasteiger charge is -2.21. The van der Waals surface area contributed by atoms with Crippen LogP contribution in [0.3, 0.4) is 0 Å². The summed E-state index contributed by atoms with van der Waals surface area (Å²) in [7, 11) is 0. The molecule has 0 radical (unpaired) electrons. The molecule has 2 aromatic rings. The maximum Gasteiger partial charge on any atom is 0.395 e. The monoisotopic (exact) mass is 349 g/mol. The second-order valence-electron chi connectivity index (χ2n) is 6.74. The summed E-state index contributed by atoms with van der Waals surface area (Å²) in [5, 5.41) is 3.94. The normalized spacial score (nSPS) is 23.8. The molecule has 0 amide bonds. The molecular weight excluding hydrogens is 331 g/mol. The van der Waals surface area contributed by atoms with E-state index in [0.717, 1.165) is 30.4 Å². The van der Waals surface area contributed by atoms with Crippen LogP contribution in [0.5, 0.6) is 0 Å². The Morgan fingerprint density at radius 2 is 1.96 bits per heavy atom. The van der Waals surface area contributed by atoms with Gasteiger partial charge in [-0.15, -0.1) is 0 Å². The lowest BCUT2D eigenvalue weighted by Crippen LogP contribution is -2.23. The zero-order chi connectivity index (χ0) is 17.4. The minimum absolute atomic E-state index is 0.110. The molecule has 4 nitrogen and oxygen atoms in total. The van der Waals surface area contributed by atoms with Gasteiger partial charge in [-0.05, 0) is 50.2 Å². The number of pyridine rings is 1. The van der Waals surface area contributed by atoms with E-state index in [9.17, 15) is 13.2 Å². The molecule has 0 aromatic carbocycles. The van der Waals surface area contributed by atoms with Gasteiger partial charge in [-0.1, -0.05) is 16.3 Å². The van der Waals surface area contributed by atoms with E-state index in [1.54, 1.807) is 18.5 Å². The zero-order valence-electron chi connectivity index (χ0n) is 13.6. The highest BCUT2D eigenvalue weighted by molar-refractivity contribution is 5.51. The molecular formula is C18H18F3N3O. The number of hydrogen-bond donors (Lipinski definition) is 0. The van der Waals surface area contributed by atoms with Gasteiger partial charge in [-0.2, -0.15) is 18.2 Å². The molecule has 0 bridgehead atoms. The van der Waals surface area contributed by atoms with Crippen molar-refractivity contribution in [1.82, 2.24) is 15.1 Å². The molecule has 0 saturated heterocycles. The van der Waals surface area contributed by atoms with Crippen molar-refractivity contribution in [2.45, 2.75) is 44.7 Å².